The number of ether oxygens (including phenoxy) is 1. The summed E-state index contributed by atoms with van der Waals surface area (Å²) >= 11 is 0. The predicted molar refractivity (Wildman–Crippen MR) is 97.7 cm³/mol. The molecule has 1 saturated carbocycles. The normalized spacial score (nSPS) is 23.8. The Labute approximate surface area is 156 Å². The van der Waals surface area contributed by atoms with Gasteiger partial charge in [-0.2, -0.15) is 0 Å². The summed E-state index contributed by atoms with van der Waals surface area (Å²) in [6.07, 6.45) is 2.45. The lowest BCUT2D eigenvalue weighted by Gasteiger charge is -2.36. The minimum absolute atomic E-state index is 0.0562. The number of benzene rings is 2. The third-order valence-electron chi connectivity index (χ3n) is 5.68. The van der Waals surface area contributed by atoms with Crippen LogP contribution in [0.5, 0.6) is 5.75 Å². The molecule has 2 N–H and O–H groups in total. The Balaban J connectivity index is 1.54. The SMILES string of the molecule is Cc1cc(F)ccc1OC1CCC2(CC1)C(=O)Nc1ccc(C(=O)O)cc12. The number of halogens is 1. The molecule has 0 radical (unpaired) electrons. The van der Waals surface area contributed by atoms with E-state index in [1.165, 1.54) is 18.2 Å². The van der Waals surface area contributed by atoms with Crippen LogP contribution in [0.15, 0.2) is 36.4 Å². The van der Waals surface area contributed by atoms with Crippen LogP contribution in [-0.2, 0) is 10.2 Å². The van der Waals surface area contributed by atoms with Crippen molar-refractivity contribution in [1.29, 1.82) is 0 Å². The molecule has 1 aliphatic heterocycles. The molecule has 0 bridgehead atoms. The molecule has 0 aromatic heterocycles. The Morgan fingerprint density at radius 2 is 1.96 bits per heavy atom. The number of aryl methyl sites for hydroxylation is 1. The van der Waals surface area contributed by atoms with Crippen molar-refractivity contribution in [3.63, 3.8) is 0 Å². The van der Waals surface area contributed by atoms with Crippen LogP contribution in [0.3, 0.4) is 0 Å². The Kier molecular flexibility index (Phi) is 4.13. The monoisotopic (exact) mass is 369 g/mol. The first-order valence-corrected chi connectivity index (χ1v) is 9.01. The van der Waals surface area contributed by atoms with Gasteiger partial charge in [0.25, 0.3) is 0 Å². The van der Waals surface area contributed by atoms with Gasteiger partial charge in [-0.25, -0.2) is 9.18 Å². The van der Waals surface area contributed by atoms with Crippen molar-refractivity contribution in [2.45, 2.75) is 44.1 Å². The van der Waals surface area contributed by atoms with E-state index in [-0.39, 0.29) is 23.4 Å². The van der Waals surface area contributed by atoms with Gasteiger partial charge in [0, 0.05) is 5.69 Å². The molecule has 1 spiro atoms. The minimum Gasteiger partial charge on any atom is -0.490 e. The molecule has 4 rings (SSSR count). The van der Waals surface area contributed by atoms with Gasteiger partial charge in [-0.05, 0) is 80.1 Å². The van der Waals surface area contributed by atoms with Crippen LogP contribution in [0.2, 0.25) is 0 Å². The van der Waals surface area contributed by atoms with Crippen LogP contribution in [0.4, 0.5) is 10.1 Å². The van der Waals surface area contributed by atoms with Crippen molar-refractivity contribution in [2.24, 2.45) is 0 Å². The van der Waals surface area contributed by atoms with E-state index in [4.69, 9.17) is 4.74 Å². The fraction of sp³-hybridized carbons (Fsp3) is 0.333. The average molecular weight is 369 g/mol. The van der Waals surface area contributed by atoms with Gasteiger partial charge in [0.1, 0.15) is 11.6 Å². The number of anilines is 1. The van der Waals surface area contributed by atoms with Crippen molar-refractivity contribution in [3.8, 4) is 5.75 Å². The molecule has 0 atom stereocenters. The van der Waals surface area contributed by atoms with Gasteiger partial charge >= 0.3 is 5.97 Å². The number of hydrogen-bond acceptors (Lipinski definition) is 3. The summed E-state index contributed by atoms with van der Waals surface area (Å²) in [5.41, 5.74) is 1.69. The van der Waals surface area contributed by atoms with E-state index in [1.807, 2.05) is 0 Å². The molecular formula is C21H20FNO4. The largest absolute Gasteiger partial charge is 0.490 e. The maximum atomic E-state index is 13.3. The van der Waals surface area contributed by atoms with Gasteiger partial charge in [-0.15, -0.1) is 0 Å². The van der Waals surface area contributed by atoms with Gasteiger partial charge in [0.05, 0.1) is 17.1 Å². The van der Waals surface area contributed by atoms with Crippen molar-refractivity contribution >= 4 is 17.6 Å². The smallest absolute Gasteiger partial charge is 0.335 e. The van der Waals surface area contributed by atoms with Crippen LogP contribution in [0, 0.1) is 12.7 Å². The number of aromatic carboxylic acids is 1. The summed E-state index contributed by atoms with van der Waals surface area (Å²) in [6.45, 7) is 1.80. The van der Waals surface area contributed by atoms with Crippen molar-refractivity contribution < 1.29 is 23.8 Å². The van der Waals surface area contributed by atoms with Gasteiger partial charge in [-0.3, -0.25) is 4.79 Å². The van der Waals surface area contributed by atoms with Gasteiger partial charge < -0.3 is 15.2 Å². The van der Waals surface area contributed by atoms with Crippen LogP contribution in [0.1, 0.15) is 47.2 Å². The Bertz CT molecular complexity index is 932. The standard InChI is InChI=1S/C21H20FNO4/c1-12-10-14(22)3-5-18(12)27-15-6-8-21(9-7-15)16-11-13(19(24)25)2-4-17(16)23-20(21)26/h2-5,10-11,15H,6-9H2,1H3,(H,23,26)(H,24,25). The highest BCUT2D eigenvalue weighted by Crippen LogP contribution is 2.48. The van der Waals surface area contributed by atoms with Gasteiger partial charge in [-0.1, -0.05) is 0 Å². The summed E-state index contributed by atoms with van der Waals surface area (Å²) in [7, 11) is 0. The zero-order valence-corrected chi connectivity index (χ0v) is 14.9. The number of carboxylic acids is 1. The summed E-state index contributed by atoms with van der Waals surface area (Å²) in [4.78, 5) is 24.0. The number of carbonyl (C=O) groups excluding carboxylic acids is 1. The highest BCUT2D eigenvalue weighted by molar-refractivity contribution is 6.07. The predicted octanol–water partition coefficient (Wildman–Crippen LogP) is 4.04. The zero-order valence-electron chi connectivity index (χ0n) is 14.9. The van der Waals surface area contributed by atoms with Gasteiger partial charge in [0.2, 0.25) is 5.91 Å². The molecule has 5 nitrogen and oxygen atoms in total. The topological polar surface area (TPSA) is 75.6 Å². The lowest BCUT2D eigenvalue weighted by molar-refractivity contribution is -0.122. The highest BCUT2D eigenvalue weighted by Gasteiger charge is 2.49. The summed E-state index contributed by atoms with van der Waals surface area (Å²) in [5, 5.41) is 12.2. The highest BCUT2D eigenvalue weighted by atomic mass is 19.1. The second kappa shape index (κ2) is 6.37. The molecular weight excluding hydrogens is 349 g/mol. The van der Waals surface area contributed by atoms with E-state index in [2.05, 4.69) is 5.32 Å². The molecule has 1 aliphatic carbocycles. The maximum absolute atomic E-state index is 13.3. The van der Waals surface area contributed by atoms with E-state index in [0.29, 0.717) is 37.1 Å². The molecule has 2 aromatic rings. The molecule has 1 heterocycles. The zero-order chi connectivity index (χ0) is 19.2. The molecule has 2 aliphatic rings. The van der Waals surface area contributed by atoms with Crippen molar-refractivity contribution in [2.75, 3.05) is 5.32 Å². The first-order chi connectivity index (χ1) is 12.9. The van der Waals surface area contributed by atoms with Crippen molar-refractivity contribution in [1.82, 2.24) is 0 Å². The fourth-order valence-corrected chi connectivity index (χ4v) is 4.17. The maximum Gasteiger partial charge on any atom is 0.335 e. The Morgan fingerprint density at radius 3 is 2.63 bits per heavy atom. The number of amides is 1. The van der Waals surface area contributed by atoms with Crippen molar-refractivity contribution in [3.05, 3.63) is 58.9 Å². The molecule has 140 valence electrons. The van der Waals surface area contributed by atoms with E-state index < -0.39 is 11.4 Å². The number of nitrogens with one attached hydrogen (secondary N) is 1. The lowest BCUT2D eigenvalue weighted by atomic mass is 9.69. The van der Waals surface area contributed by atoms with E-state index in [1.54, 1.807) is 25.1 Å². The van der Waals surface area contributed by atoms with E-state index >= 15 is 0 Å². The second-order valence-electron chi connectivity index (χ2n) is 7.33. The first-order valence-electron chi connectivity index (χ1n) is 9.01. The van der Waals surface area contributed by atoms with Crippen LogP contribution < -0.4 is 10.1 Å². The summed E-state index contributed by atoms with van der Waals surface area (Å²) in [5.74, 6) is -0.717. The third kappa shape index (κ3) is 2.95. The minimum atomic E-state index is -1.00. The summed E-state index contributed by atoms with van der Waals surface area (Å²) in [6, 6.07) is 9.23. The Hall–Kier alpha value is -2.89. The molecule has 2 aromatic carbocycles. The number of carbonyl (C=O) groups is 2. The van der Waals surface area contributed by atoms with E-state index in [0.717, 1.165) is 11.1 Å². The fourth-order valence-electron chi connectivity index (χ4n) is 4.17. The number of carboxylic acid groups (broad SMARTS) is 1. The van der Waals surface area contributed by atoms with Crippen LogP contribution in [0.25, 0.3) is 0 Å². The average Bonchev–Trinajstić information content (AvgIpc) is 2.90. The van der Waals surface area contributed by atoms with Gasteiger partial charge in [0.15, 0.2) is 0 Å². The molecule has 6 heteroatoms. The first kappa shape index (κ1) is 17.5. The molecule has 27 heavy (non-hydrogen) atoms. The second-order valence-corrected chi connectivity index (χ2v) is 7.33. The molecule has 1 fully saturated rings. The molecule has 1 amide bonds. The Morgan fingerprint density at radius 1 is 1.22 bits per heavy atom. The summed E-state index contributed by atoms with van der Waals surface area (Å²) < 4.78 is 19.3. The van der Waals surface area contributed by atoms with Crippen LogP contribution in [-0.4, -0.2) is 23.1 Å². The number of rotatable bonds is 3. The number of hydrogen-bond donors (Lipinski definition) is 2. The quantitative estimate of drug-likeness (QED) is 0.856. The third-order valence-corrected chi connectivity index (χ3v) is 5.68. The van der Waals surface area contributed by atoms with Crippen LogP contribution >= 0.6 is 0 Å². The molecule has 0 saturated heterocycles. The number of fused-ring (bicyclic) bond motifs is 2. The lowest BCUT2D eigenvalue weighted by Crippen LogP contribution is -2.41. The molecule has 0 unspecified atom stereocenters. The van der Waals surface area contributed by atoms with E-state index in [9.17, 15) is 19.1 Å².